The van der Waals surface area contributed by atoms with Crippen LogP contribution in [0.5, 0.6) is 0 Å². The van der Waals surface area contributed by atoms with E-state index in [4.69, 9.17) is 5.73 Å². The summed E-state index contributed by atoms with van der Waals surface area (Å²) in [5.74, 6) is -0.964. The lowest BCUT2D eigenvalue weighted by molar-refractivity contribution is 0.0690. The monoisotopic (exact) mass is 406 g/mol. The molecule has 0 bridgehead atoms. The van der Waals surface area contributed by atoms with Crippen molar-refractivity contribution in [2.24, 2.45) is 5.73 Å². The van der Waals surface area contributed by atoms with Gasteiger partial charge in [-0.2, -0.15) is 0 Å². The number of nitrogens with two attached hydrogens (primary N) is 1. The number of nitrogens with zero attached hydrogens (tertiary/aromatic N) is 3. The number of benzene rings is 2. The summed E-state index contributed by atoms with van der Waals surface area (Å²) in [6.07, 6.45) is 0. The summed E-state index contributed by atoms with van der Waals surface area (Å²) in [7, 11) is 1.72. The summed E-state index contributed by atoms with van der Waals surface area (Å²) in [6, 6.07) is 13.1. The Morgan fingerprint density at radius 3 is 2.20 bits per heavy atom. The van der Waals surface area contributed by atoms with Crippen LogP contribution in [-0.2, 0) is 0 Å². The zero-order valence-electron chi connectivity index (χ0n) is 17.3. The number of aromatic nitrogens is 2. The maximum Gasteiger partial charge on any atom is 0.354 e. The van der Waals surface area contributed by atoms with Gasteiger partial charge in [0.15, 0.2) is 11.5 Å². The second-order valence-corrected chi connectivity index (χ2v) is 7.10. The Morgan fingerprint density at radius 2 is 1.67 bits per heavy atom. The van der Waals surface area contributed by atoms with E-state index < -0.39 is 5.97 Å². The molecule has 0 atom stereocenters. The molecule has 0 aliphatic carbocycles. The van der Waals surface area contributed by atoms with Crippen molar-refractivity contribution in [3.8, 4) is 0 Å². The third-order valence-corrected chi connectivity index (χ3v) is 4.84. The minimum absolute atomic E-state index is 0.158. The summed E-state index contributed by atoms with van der Waals surface area (Å²) >= 11 is 0. The lowest BCUT2D eigenvalue weighted by Crippen LogP contribution is -2.16. The van der Waals surface area contributed by atoms with Crippen LogP contribution >= 0.6 is 0 Å². The maximum absolute atomic E-state index is 13.3. The van der Waals surface area contributed by atoms with Crippen molar-refractivity contribution in [2.45, 2.75) is 20.8 Å². The third kappa shape index (κ3) is 4.15. The molecule has 2 aromatic carbocycles. The van der Waals surface area contributed by atoms with E-state index in [9.17, 15) is 14.3 Å². The van der Waals surface area contributed by atoms with E-state index in [1.807, 2.05) is 32.0 Å². The van der Waals surface area contributed by atoms with E-state index in [1.54, 1.807) is 31.0 Å². The number of allylic oxidation sites excluding steroid dienone is 1. The quantitative estimate of drug-likeness (QED) is 0.651. The number of halogens is 1. The van der Waals surface area contributed by atoms with E-state index in [-0.39, 0.29) is 17.3 Å². The number of rotatable bonds is 5. The number of hydrogen-bond acceptors (Lipinski definition) is 5. The molecule has 1 aromatic heterocycles. The first-order valence-corrected chi connectivity index (χ1v) is 9.34. The topological polar surface area (TPSA) is 92.3 Å². The fourth-order valence-electron chi connectivity index (χ4n) is 3.32. The second kappa shape index (κ2) is 8.32. The van der Waals surface area contributed by atoms with Gasteiger partial charge < -0.3 is 15.7 Å². The molecule has 30 heavy (non-hydrogen) atoms. The van der Waals surface area contributed by atoms with Gasteiger partial charge in [0.1, 0.15) is 11.6 Å². The van der Waals surface area contributed by atoms with Crippen LogP contribution in [0, 0.1) is 19.7 Å². The average molecular weight is 406 g/mol. The van der Waals surface area contributed by atoms with Gasteiger partial charge in [-0.25, -0.2) is 19.2 Å². The summed E-state index contributed by atoms with van der Waals surface area (Å²) < 4.78 is 13.3. The van der Waals surface area contributed by atoms with Crippen LogP contribution in [0.4, 0.5) is 15.9 Å². The number of carboxylic acids is 1. The third-order valence-electron chi connectivity index (χ3n) is 4.84. The Bertz CT molecular complexity index is 1120. The highest BCUT2D eigenvalue weighted by atomic mass is 19.1. The largest absolute Gasteiger partial charge is 0.477 e. The fraction of sp³-hybridized carbons (Fsp3) is 0.174. The summed E-state index contributed by atoms with van der Waals surface area (Å²) in [6.45, 7) is 5.65. The Labute approximate surface area is 174 Å². The minimum atomic E-state index is -1.18. The lowest BCUT2D eigenvalue weighted by atomic mass is 9.94. The summed E-state index contributed by atoms with van der Waals surface area (Å²) in [4.78, 5) is 22.3. The van der Waals surface area contributed by atoms with E-state index in [2.05, 4.69) is 9.97 Å². The Balaban J connectivity index is 2.22. The summed E-state index contributed by atoms with van der Waals surface area (Å²) in [5.41, 5.74) is 10.6. The molecular formula is C23H23FN4O2. The highest BCUT2D eigenvalue weighted by molar-refractivity contribution is 5.89. The smallest absolute Gasteiger partial charge is 0.354 e. The standard InChI is InChI=1S/C23H23FN4O2/c1-13-6-5-7-14(2)20(13)21(15(3)25)22-26-18(23(29)30)12-19(27-22)28(4)17-10-8-16(24)9-11-17/h5-12H,25H2,1-4H3,(H,29,30). The Hall–Kier alpha value is -3.74. The predicted molar refractivity (Wildman–Crippen MR) is 115 cm³/mol. The molecule has 0 fully saturated rings. The first kappa shape index (κ1) is 21.0. The number of aryl methyl sites for hydroxylation is 2. The van der Waals surface area contributed by atoms with Crippen LogP contribution in [0.25, 0.3) is 5.57 Å². The van der Waals surface area contributed by atoms with Gasteiger partial charge in [-0.15, -0.1) is 0 Å². The van der Waals surface area contributed by atoms with Crippen molar-refractivity contribution in [2.75, 3.05) is 11.9 Å². The van der Waals surface area contributed by atoms with Crippen molar-refractivity contribution in [1.29, 1.82) is 0 Å². The zero-order chi connectivity index (χ0) is 22.0. The van der Waals surface area contributed by atoms with E-state index in [0.717, 1.165) is 16.7 Å². The van der Waals surface area contributed by atoms with Crippen LogP contribution < -0.4 is 10.6 Å². The van der Waals surface area contributed by atoms with Crippen molar-refractivity contribution in [3.63, 3.8) is 0 Å². The molecule has 0 aliphatic rings. The molecule has 0 amide bonds. The molecule has 0 aliphatic heterocycles. The molecule has 0 saturated carbocycles. The van der Waals surface area contributed by atoms with Crippen LogP contribution in [-0.4, -0.2) is 28.1 Å². The lowest BCUT2D eigenvalue weighted by Gasteiger charge is -2.21. The van der Waals surface area contributed by atoms with Gasteiger partial charge in [0.05, 0.1) is 0 Å². The van der Waals surface area contributed by atoms with Gasteiger partial charge in [0.25, 0.3) is 0 Å². The molecule has 1 heterocycles. The van der Waals surface area contributed by atoms with Crippen LogP contribution in [0.15, 0.2) is 54.2 Å². The van der Waals surface area contributed by atoms with Gasteiger partial charge >= 0.3 is 5.97 Å². The van der Waals surface area contributed by atoms with Gasteiger partial charge in [-0.1, -0.05) is 18.2 Å². The molecule has 3 aromatic rings. The predicted octanol–water partition coefficient (Wildman–Crippen LogP) is 4.44. The van der Waals surface area contributed by atoms with Gasteiger partial charge in [-0.3, -0.25) is 0 Å². The van der Waals surface area contributed by atoms with Gasteiger partial charge in [0, 0.05) is 30.1 Å². The van der Waals surface area contributed by atoms with Crippen LogP contribution in [0.2, 0.25) is 0 Å². The molecule has 0 spiro atoms. The maximum atomic E-state index is 13.3. The second-order valence-electron chi connectivity index (χ2n) is 7.10. The molecule has 154 valence electrons. The molecular weight excluding hydrogens is 383 g/mol. The molecule has 3 N–H and O–H groups in total. The van der Waals surface area contributed by atoms with E-state index >= 15 is 0 Å². The number of aromatic carboxylic acids is 1. The van der Waals surface area contributed by atoms with Gasteiger partial charge in [-0.05, 0) is 61.7 Å². The highest BCUT2D eigenvalue weighted by Crippen LogP contribution is 2.31. The first-order valence-electron chi connectivity index (χ1n) is 9.34. The Kier molecular flexibility index (Phi) is 5.82. The molecule has 0 saturated heterocycles. The van der Waals surface area contributed by atoms with Crippen molar-refractivity contribution >= 4 is 23.0 Å². The van der Waals surface area contributed by atoms with Crippen molar-refractivity contribution in [3.05, 3.63) is 88.3 Å². The van der Waals surface area contributed by atoms with Crippen molar-refractivity contribution < 1.29 is 14.3 Å². The molecule has 3 rings (SSSR count). The highest BCUT2D eigenvalue weighted by Gasteiger charge is 2.20. The van der Waals surface area contributed by atoms with E-state index in [1.165, 1.54) is 18.2 Å². The van der Waals surface area contributed by atoms with Crippen LogP contribution in [0.3, 0.4) is 0 Å². The van der Waals surface area contributed by atoms with Gasteiger partial charge in [0.2, 0.25) is 0 Å². The fourth-order valence-corrected chi connectivity index (χ4v) is 3.32. The SMILES string of the molecule is CC(N)=C(c1nc(C(=O)O)cc(N(C)c2ccc(F)cc2)n1)c1c(C)cccc1C. The zero-order valence-corrected chi connectivity index (χ0v) is 17.3. The number of carboxylic acid groups (broad SMARTS) is 1. The molecule has 0 radical (unpaired) electrons. The normalized spacial score (nSPS) is 11.8. The van der Waals surface area contributed by atoms with Crippen molar-refractivity contribution in [1.82, 2.24) is 9.97 Å². The Morgan fingerprint density at radius 1 is 1.07 bits per heavy atom. The minimum Gasteiger partial charge on any atom is -0.477 e. The number of hydrogen-bond donors (Lipinski definition) is 2. The average Bonchev–Trinajstić information content (AvgIpc) is 2.70. The molecule has 0 unspecified atom stereocenters. The number of anilines is 2. The number of carbonyl (C=O) groups is 1. The summed E-state index contributed by atoms with van der Waals surface area (Å²) in [5, 5.41) is 9.62. The van der Waals surface area contributed by atoms with Crippen LogP contribution in [0.1, 0.15) is 39.9 Å². The molecule has 7 heteroatoms. The van der Waals surface area contributed by atoms with E-state index in [0.29, 0.717) is 22.8 Å². The first-order chi connectivity index (χ1) is 14.2. The molecule has 6 nitrogen and oxygen atoms in total.